The molecule has 7 nitrogen and oxygen atoms in total. The van der Waals surface area contributed by atoms with Crippen molar-refractivity contribution in [2.24, 2.45) is 0 Å². The highest BCUT2D eigenvalue weighted by molar-refractivity contribution is 6.07. The van der Waals surface area contributed by atoms with E-state index in [0.29, 0.717) is 0 Å². The van der Waals surface area contributed by atoms with E-state index in [-0.39, 0.29) is 28.1 Å². The highest BCUT2D eigenvalue weighted by atomic mass is 19.1. The molecule has 3 aromatic carbocycles. The van der Waals surface area contributed by atoms with Crippen LogP contribution in [0.25, 0.3) is 0 Å². The van der Waals surface area contributed by atoms with Crippen LogP contribution in [0, 0.1) is 28.7 Å². The van der Waals surface area contributed by atoms with Gasteiger partial charge in [0.25, 0.3) is 17.5 Å². The molecule has 0 atom stereocenters. The van der Waals surface area contributed by atoms with E-state index in [9.17, 15) is 28.5 Å². The van der Waals surface area contributed by atoms with E-state index in [4.69, 9.17) is 0 Å². The Kier molecular flexibility index (Phi) is 5.82. The molecule has 0 aliphatic rings. The smallest absolute Gasteiger partial charge is 0.276 e. The Balaban J connectivity index is 1.79. The molecule has 2 N–H and O–H groups in total. The quantitative estimate of drug-likeness (QED) is 0.470. The maximum atomic E-state index is 13.9. The molecule has 152 valence electrons. The molecule has 0 bridgehead atoms. The molecule has 9 heteroatoms. The number of hydrogen-bond acceptors (Lipinski definition) is 4. The molecule has 0 aromatic heterocycles. The van der Waals surface area contributed by atoms with Gasteiger partial charge in [0.1, 0.15) is 11.6 Å². The molecule has 3 aromatic rings. The molecule has 30 heavy (non-hydrogen) atoms. The Morgan fingerprint density at radius 1 is 0.867 bits per heavy atom. The van der Waals surface area contributed by atoms with Crippen molar-refractivity contribution in [1.82, 2.24) is 0 Å². The highest BCUT2D eigenvalue weighted by Crippen LogP contribution is 2.24. The van der Waals surface area contributed by atoms with Crippen LogP contribution >= 0.6 is 0 Å². The molecule has 0 saturated carbocycles. The number of rotatable bonds is 5. The summed E-state index contributed by atoms with van der Waals surface area (Å²) in [6.07, 6.45) is 0. The van der Waals surface area contributed by atoms with Gasteiger partial charge in [0.2, 0.25) is 0 Å². The number of hydrogen-bond donors (Lipinski definition) is 2. The van der Waals surface area contributed by atoms with Crippen molar-refractivity contribution in [2.45, 2.75) is 6.92 Å². The third-order valence-corrected chi connectivity index (χ3v) is 4.24. The maximum Gasteiger partial charge on any atom is 0.276 e. The monoisotopic (exact) mass is 411 g/mol. The highest BCUT2D eigenvalue weighted by Gasteiger charge is 2.20. The summed E-state index contributed by atoms with van der Waals surface area (Å²) < 4.78 is 27.2. The minimum Gasteiger partial charge on any atom is -0.322 e. The summed E-state index contributed by atoms with van der Waals surface area (Å²) >= 11 is 0. The average Bonchev–Trinajstić information content (AvgIpc) is 2.69. The Hall–Kier alpha value is -4.14. The fraction of sp³-hybridized carbons (Fsp3) is 0.0476. The number of halogens is 2. The number of carbonyl (C=O) groups is 2. The third kappa shape index (κ3) is 4.64. The van der Waals surface area contributed by atoms with Crippen molar-refractivity contribution in [3.8, 4) is 0 Å². The normalized spacial score (nSPS) is 10.4. The lowest BCUT2D eigenvalue weighted by Gasteiger charge is -2.09. The molecule has 0 heterocycles. The second kappa shape index (κ2) is 8.48. The Morgan fingerprint density at radius 3 is 2.10 bits per heavy atom. The predicted molar refractivity (Wildman–Crippen MR) is 107 cm³/mol. The van der Waals surface area contributed by atoms with Crippen molar-refractivity contribution in [2.75, 3.05) is 10.6 Å². The van der Waals surface area contributed by atoms with Gasteiger partial charge in [-0.25, -0.2) is 8.78 Å². The van der Waals surface area contributed by atoms with Gasteiger partial charge in [0.15, 0.2) is 0 Å². The van der Waals surface area contributed by atoms with Gasteiger partial charge in [0, 0.05) is 28.6 Å². The van der Waals surface area contributed by atoms with E-state index >= 15 is 0 Å². The summed E-state index contributed by atoms with van der Waals surface area (Å²) in [7, 11) is 0. The number of amides is 2. The SMILES string of the molecule is Cc1c(F)cc(C(=O)Nc2cccc(C(=O)Nc3cccc(F)c3)c2)cc1[N+](=O)[O-]. The molecule has 2 amide bonds. The molecule has 0 saturated heterocycles. The fourth-order valence-electron chi connectivity index (χ4n) is 2.70. The van der Waals surface area contributed by atoms with Gasteiger partial charge in [-0.3, -0.25) is 19.7 Å². The van der Waals surface area contributed by atoms with E-state index < -0.39 is 34.1 Å². The number of benzene rings is 3. The van der Waals surface area contributed by atoms with Crippen molar-refractivity contribution >= 4 is 28.9 Å². The van der Waals surface area contributed by atoms with Crippen LogP contribution in [-0.4, -0.2) is 16.7 Å². The molecule has 0 radical (unpaired) electrons. The van der Waals surface area contributed by atoms with Gasteiger partial charge >= 0.3 is 0 Å². The molecule has 0 aliphatic carbocycles. The average molecular weight is 411 g/mol. The second-order valence-electron chi connectivity index (χ2n) is 6.36. The first-order valence-electron chi connectivity index (χ1n) is 8.67. The van der Waals surface area contributed by atoms with Gasteiger partial charge in [-0.05, 0) is 49.4 Å². The van der Waals surface area contributed by atoms with E-state index in [1.54, 1.807) is 0 Å². The molecule has 3 rings (SSSR count). The summed E-state index contributed by atoms with van der Waals surface area (Å²) in [6.45, 7) is 1.25. The summed E-state index contributed by atoms with van der Waals surface area (Å²) in [5, 5.41) is 16.0. The topological polar surface area (TPSA) is 101 Å². The van der Waals surface area contributed by atoms with E-state index in [2.05, 4.69) is 10.6 Å². The van der Waals surface area contributed by atoms with Crippen molar-refractivity contribution < 1.29 is 23.3 Å². The lowest BCUT2D eigenvalue weighted by molar-refractivity contribution is -0.385. The molecular formula is C21H15F2N3O4. The largest absolute Gasteiger partial charge is 0.322 e. The Labute approximate surface area is 169 Å². The van der Waals surface area contributed by atoms with Gasteiger partial charge in [-0.15, -0.1) is 0 Å². The van der Waals surface area contributed by atoms with Gasteiger partial charge in [0.05, 0.1) is 10.5 Å². The van der Waals surface area contributed by atoms with Crippen LogP contribution in [0.15, 0.2) is 60.7 Å². The van der Waals surface area contributed by atoms with E-state index in [1.807, 2.05) is 0 Å². The lowest BCUT2D eigenvalue weighted by Crippen LogP contribution is -2.15. The number of nitro groups is 1. The molecule has 0 spiro atoms. The summed E-state index contributed by atoms with van der Waals surface area (Å²) in [6, 6.07) is 13.1. The van der Waals surface area contributed by atoms with Crippen LogP contribution in [0.3, 0.4) is 0 Å². The number of nitro benzene ring substituents is 1. The fourth-order valence-corrected chi connectivity index (χ4v) is 2.70. The van der Waals surface area contributed by atoms with Crippen molar-refractivity contribution in [1.29, 1.82) is 0 Å². The number of anilines is 2. The third-order valence-electron chi connectivity index (χ3n) is 4.24. The first-order valence-corrected chi connectivity index (χ1v) is 8.67. The maximum absolute atomic E-state index is 13.9. The number of nitrogens with zero attached hydrogens (tertiary/aromatic N) is 1. The summed E-state index contributed by atoms with van der Waals surface area (Å²) in [4.78, 5) is 35.0. The summed E-state index contributed by atoms with van der Waals surface area (Å²) in [5.74, 6) is -2.70. The molecular weight excluding hydrogens is 396 g/mol. The summed E-state index contributed by atoms with van der Waals surface area (Å²) in [5.41, 5.74) is -0.263. The van der Waals surface area contributed by atoms with Crippen LogP contribution in [-0.2, 0) is 0 Å². The molecule has 0 aliphatic heterocycles. The second-order valence-corrected chi connectivity index (χ2v) is 6.36. The number of nitrogens with one attached hydrogen (secondary N) is 2. The zero-order chi connectivity index (χ0) is 21.8. The predicted octanol–water partition coefficient (Wildman–Crippen LogP) is 4.69. The van der Waals surface area contributed by atoms with E-state index in [0.717, 1.165) is 18.2 Å². The zero-order valence-corrected chi connectivity index (χ0v) is 15.6. The number of carbonyl (C=O) groups excluding carboxylic acids is 2. The van der Waals surface area contributed by atoms with Gasteiger partial charge in [-0.2, -0.15) is 0 Å². The molecule has 0 unspecified atom stereocenters. The van der Waals surface area contributed by atoms with Crippen molar-refractivity contribution in [3.05, 3.63) is 99.1 Å². The standard InChI is InChI=1S/C21H15F2N3O4/c1-12-18(23)9-14(10-19(12)26(29)30)21(28)24-16-6-2-4-13(8-16)20(27)25-17-7-3-5-15(22)11-17/h2-11H,1H3,(H,24,28)(H,25,27). The van der Waals surface area contributed by atoms with Crippen LogP contribution < -0.4 is 10.6 Å². The minimum atomic E-state index is -0.877. The van der Waals surface area contributed by atoms with Crippen LogP contribution in [0.5, 0.6) is 0 Å². The van der Waals surface area contributed by atoms with E-state index in [1.165, 1.54) is 49.4 Å². The first-order chi connectivity index (χ1) is 14.2. The van der Waals surface area contributed by atoms with Gasteiger partial charge in [-0.1, -0.05) is 12.1 Å². The van der Waals surface area contributed by atoms with Crippen LogP contribution in [0.4, 0.5) is 25.8 Å². The first kappa shape index (κ1) is 20.6. The molecule has 0 fully saturated rings. The zero-order valence-electron chi connectivity index (χ0n) is 15.6. The minimum absolute atomic E-state index is 0.174. The Morgan fingerprint density at radius 2 is 1.47 bits per heavy atom. The Bertz CT molecular complexity index is 1160. The van der Waals surface area contributed by atoms with Crippen LogP contribution in [0.2, 0.25) is 0 Å². The van der Waals surface area contributed by atoms with Gasteiger partial charge < -0.3 is 10.6 Å². The van der Waals surface area contributed by atoms with Crippen LogP contribution in [0.1, 0.15) is 26.3 Å². The lowest BCUT2D eigenvalue weighted by atomic mass is 10.1. The van der Waals surface area contributed by atoms with Crippen molar-refractivity contribution in [3.63, 3.8) is 0 Å².